The Morgan fingerprint density at radius 3 is 2.22 bits per heavy atom. The highest BCUT2D eigenvalue weighted by atomic mass is 32.2. The van der Waals surface area contributed by atoms with Crippen LogP contribution in [-0.2, 0) is 9.53 Å². The Balaban J connectivity index is 1.75. The van der Waals surface area contributed by atoms with Crippen LogP contribution in [0.15, 0.2) is 82.7 Å². The summed E-state index contributed by atoms with van der Waals surface area (Å²) in [5.74, 6) is -0.531. The molecular formula is C26H22N2O3S. The molecule has 0 N–H and O–H groups in total. The van der Waals surface area contributed by atoms with Crippen molar-refractivity contribution in [3.8, 4) is 0 Å². The van der Waals surface area contributed by atoms with Crippen molar-refractivity contribution in [3.63, 3.8) is 0 Å². The highest BCUT2D eigenvalue weighted by Crippen LogP contribution is 2.38. The van der Waals surface area contributed by atoms with E-state index >= 15 is 0 Å². The molecule has 3 aromatic rings. The summed E-state index contributed by atoms with van der Waals surface area (Å²) in [5.41, 5.74) is 5.01. The van der Waals surface area contributed by atoms with Gasteiger partial charge in [0.2, 0.25) is 0 Å². The van der Waals surface area contributed by atoms with E-state index in [1.165, 1.54) is 18.9 Å². The van der Waals surface area contributed by atoms with E-state index in [0.29, 0.717) is 15.6 Å². The largest absolute Gasteiger partial charge is 0.465 e. The Morgan fingerprint density at radius 2 is 1.59 bits per heavy atom. The number of benzene rings is 3. The first-order chi connectivity index (χ1) is 15.5. The molecular weight excluding hydrogens is 420 g/mol. The molecule has 160 valence electrons. The van der Waals surface area contributed by atoms with Gasteiger partial charge in [-0.3, -0.25) is 9.69 Å². The van der Waals surface area contributed by atoms with Gasteiger partial charge in [-0.1, -0.05) is 48.5 Å². The first kappa shape index (κ1) is 21.6. The zero-order valence-electron chi connectivity index (χ0n) is 18.0. The van der Waals surface area contributed by atoms with Gasteiger partial charge in [0, 0.05) is 0 Å². The van der Waals surface area contributed by atoms with Gasteiger partial charge in [-0.05, 0) is 72.6 Å². The van der Waals surface area contributed by atoms with E-state index < -0.39 is 5.97 Å². The van der Waals surface area contributed by atoms with Crippen LogP contribution in [0.4, 0.5) is 11.4 Å². The van der Waals surface area contributed by atoms with Gasteiger partial charge in [-0.15, -0.1) is 0 Å². The average Bonchev–Trinajstić information content (AvgIpc) is 3.11. The number of hydrogen-bond acceptors (Lipinski definition) is 5. The standard InChI is InChI=1S/C26H22N2O3S/c1-17-8-7-9-18(2)23(17)27-26-28(21-10-5-4-6-11-21)24(29)22(32-26)16-19-12-14-20(15-13-19)25(30)31-3/h4-16H,1-3H3/b22-16+,27-26?. The third-order valence-electron chi connectivity index (χ3n) is 5.10. The van der Waals surface area contributed by atoms with Gasteiger partial charge in [-0.25, -0.2) is 9.79 Å². The fraction of sp³-hybridized carbons (Fsp3) is 0.115. The molecule has 0 atom stereocenters. The quantitative estimate of drug-likeness (QED) is 0.373. The fourth-order valence-electron chi connectivity index (χ4n) is 3.42. The molecule has 1 amide bonds. The number of anilines is 1. The number of amides is 1. The van der Waals surface area contributed by atoms with Crippen LogP contribution in [0, 0.1) is 13.8 Å². The summed E-state index contributed by atoms with van der Waals surface area (Å²) in [7, 11) is 1.35. The molecule has 0 bridgehead atoms. The van der Waals surface area contributed by atoms with Crippen molar-refractivity contribution in [1.82, 2.24) is 0 Å². The Bertz CT molecular complexity index is 1210. The minimum Gasteiger partial charge on any atom is -0.465 e. The molecule has 1 fully saturated rings. The first-order valence-electron chi connectivity index (χ1n) is 10.1. The maximum atomic E-state index is 13.4. The smallest absolute Gasteiger partial charge is 0.337 e. The third kappa shape index (κ3) is 4.36. The third-order valence-corrected chi connectivity index (χ3v) is 6.07. The molecule has 3 aromatic carbocycles. The van der Waals surface area contributed by atoms with Crippen molar-refractivity contribution < 1.29 is 14.3 Å². The van der Waals surface area contributed by atoms with E-state index in [1.54, 1.807) is 29.2 Å². The Labute approximate surface area is 191 Å². The molecule has 0 saturated carbocycles. The zero-order valence-corrected chi connectivity index (χ0v) is 18.8. The SMILES string of the molecule is COC(=O)c1ccc(/C=C2/SC(=Nc3c(C)cccc3C)N(c3ccccc3)C2=O)cc1. The number of methoxy groups -OCH3 is 1. The van der Waals surface area contributed by atoms with E-state index in [9.17, 15) is 9.59 Å². The summed E-state index contributed by atoms with van der Waals surface area (Å²) < 4.78 is 4.74. The van der Waals surface area contributed by atoms with E-state index in [4.69, 9.17) is 9.73 Å². The molecule has 32 heavy (non-hydrogen) atoms. The number of thioether (sulfide) groups is 1. The number of aliphatic imine (C=N–C) groups is 1. The number of para-hydroxylation sites is 2. The van der Waals surface area contributed by atoms with Gasteiger partial charge < -0.3 is 4.74 Å². The number of esters is 1. The van der Waals surface area contributed by atoms with Crippen molar-refractivity contribution in [2.45, 2.75) is 13.8 Å². The Hall–Kier alpha value is -3.64. The van der Waals surface area contributed by atoms with Crippen molar-refractivity contribution in [2.24, 2.45) is 4.99 Å². The van der Waals surface area contributed by atoms with Crippen LogP contribution in [0.5, 0.6) is 0 Å². The van der Waals surface area contributed by atoms with Gasteiger partial charge >= 0.3 is 5.97 Å². The lowest BCUT2D eigenvalue weighted by molar-refractivity contribution is -0.113. The second-order valence-corrected chi connectivity index (χ2v) is 8.34. The molecule has 6 heteroatoms. The predicted molar refractivity (Wildman–Crippen MR) is 130 cm³/mol. The second-order valence-electron chi connectivity index (χ2n) is 7.34. The fourth-order valence-corrected chi connectivity index (χ4v) is 4.40. The van der Waals surface area contributed by atoms with Crippen LogP contribution in [0.1, 0.15) is 27.0 Å². The van der Waals surface area contributed by atoms with Crippen molar-refractivity contribution in [1.29, 1.82) is 0 Å². The van der Waals surface area contributed by atoms with Gasteiger partial charge in [-0.2, -0.15) is 0 Å². The van der Waals surface area contributed by atoms with Crippen molar-refractivity contribution in [3.05, 3.63) is 100.0 Å². The van der Waals surface area contributed by atoms with Crippen LogP contribution in [0.3, 0.4) is 0 Å². The lowest BCUT2D eigenvalue weighted by Gasteiger charge is -2.16. The Kier molecular flexibility index (Phi) is 6.23. The number of carbonyl (C=O) groups is 2. The van der Waals surface area contributed by atoms with Crippen LogP contribution < -0.4 is 4.90 Å². The van der Waals surface area contributed by atoms with Gasteiger partial charge in [0.15, 0.2) is 5.17 Å². The molecule has 5 nitrogen and oxygen atoms in total. The number of carbonyl (C=O) groups excluding carboxylic acids is 2. The Morgan fingerprint density at radius 1 is 0.938 bits per heavy atom. The topological polar surface area (TPSA) is 59.0 Å². The number of rotatable bonds is 4. The molecule has 0 unspecified atom stereocenters. The van der Waals surface area contributed by atoms with Crippen LogP contribution in [0.2, 0.25) is 0 Å². The van der Waals surface area contributed by atoms with Gasteiger partial charge in [0.05, 0.1) is 29.0 Å². The lowest BCUT2D eigenvalue weighted by atomic mass is 10.1. The zero-order chi connectivity index (χ0) is 22.7. The lowest BCUT2D eigenvalue weighted by Crippen LogP contribution is -2.28. The summed E-state index contributed by atoms with van der Waals surface area (Å²) in [5, 5.41) is 0.607. The van der Waals surface area contributed by atoms with Crippen LogP contribution in [0.25, 0.3) is 6.08 Å². The minimum atomic E-state index is -0.395. The first-order valence-corrected chi connectivity index (χ1v) is 10.9. The molecule has 1 saturated heterocycles. The number of nitrogens with zero attached hydrogens (tertiary/aromatic N) is 2. The second kappa shape index (κ2) is 9.24. The van der Waals surface area contributed by atoms with Crippen molar-refractivity contribution >= 4 is 46.3 Å². The highest BCUT2D eigenvalue weighted by Gasteiger charge is 2.34. The van der Waals surface area contributed by atoms with Crippen LogP contribution >= 0.6 is 11.8 Å². The number of hydrogen-bond donors (Lipinski definition) is 0. The molecule has 0 spiro atoms. The van der Waals surface area contributed by atoms with E-state index in [2.05, 4.69) is 0 Å². The highest BCUT2D eigenvalue weighted by molar-refractivity contribution is 8.19. The maximum Gasteiger partial charge on any atom is 0.337 e. The van der Waals surface area contributed by atoms with Crippen LogP contribution in [-0.4, -0.2) is 24.2 Å². The number of ether oxygens (including phenoxy) is 1. The molecule has 0 aliphatic carbocycles. The van der Waals surface area contributed by atoms with Gasteiger partial charge in [0.25, 0.3) is 5.91 Å². The summed E-state index contributed by atoms with van der Waals surface area (Å²) in [4.78, 5) is 32.2. The maximum absolute atomic E-state index is 13.4. The summed E-state index contributed by atoms with van der Waals surface area (Å²) >= 11 is 1.34. The van der Waals surface area contributed by atoms with E-state index in [-0.39, 0.29) is 5.91 Å². The molecule has 0 aromatic heterocycles. The van der Waals surface area contributed by atoms with E-state index in [0.717, 1.165) is 28.1 Å². The normalized spacial score (nSPS) is 16.1. The van der Waals surface area contributed by atoms with Crippen molar-refractivity contribution in [2.75, 3.05) is 12.0 Å². The number of amidine groups is 1. The minimum absolute atomic E-state index is 0.136. The predicted octanol–water partition coefficient (Wildman–Crippen LogP) is 5.90. The summed E-state index contributed by atoms with van der Waals surface area (Å²) in [6.07, 6.45) is 1.82. The molecule has 1 aliphatic heterocycles. The monoisotopic (exact) mass is 442 g/mol. The molecule has 4 rings (SSSR count). The molecule has 0 radical (unpaired) electrons. The summed E-state index contributed by atoms with van der Waals surface area (Å²) in [6.45, 7) is 4.03. The van der Waals surface area contributed by atoms with Gasteiger partial charge in [0.1, 0.15) is 0 Å². The average molecular weight is 443 g/mol. The molecule has 1 aliphatic rings. The van der Waals surface area contributed by atoms with E-state index in [1.807, 2.05) is 68.5 Å². The summed E-state index contributed by atoms with van der Waals surface area (Å²) in [6, 6.07) is 22.5. The number of aryl methyl sites for hydroxylation is 2. The molecule has 1 heterocycles.